The fourth-order valence-electron chi connectivity index (χ4n) is 1.47. The highest BCUT2D eigenvalue weighted by Gasteiger charge is 2.61. The summed E-state index contributed by atoms with van der Waals surface area (Å²) in [5.74, 6) is -4.48. The van der Waals surface area contributed by atoms with Crippen molar-refractivity contribution in [1.82, 2.24) is 0 Å². The number of amides is 1. The topological polar surface area (TPSA) is 75.6 Å². The van der Waals surface area contributed by atoms with E-state index in [2.05, 4.69) is 4.74 Å². The maximum absolute atomic E-state index is 13.4. The molecule has 0 fully saturated rings. The van der Waals surface area contributed by atoms with Crippen LogP contribution in [0.1, 0.15) is 6.42 Å². The molecule has 10 heteroatoms. The van der Waals surface area contributed by atoms with Crippen molar-refractivity contribution >= 4 is 29.2 Å². The minimum Gasteiger partial charge on any atom is -0.467 e. The normalized spacial score (nSPS) is 14.1. The van der Waals surface area contributed by atoms with Crippen molar-refractivity contribution in [3.63, 3.8) is 0 Å². The number of aliphatic hydroxyl groups is 1. The van der Waals surface area contributed by atoms with Crippen LogP contribution in [-0.4, -0.2) is 35.9 Å². The van der Waals surface area contributed by atoms with Gasteiger partial charge in [-0.2, -0.15) is 13.2 Å². The van der Waals surface area contributed by atoms with E-state index in [0.717, 1.165) is 12.1 Å². The third-order valence-corrected chi connectivity index (χ3v) is 2.85. The fraction of sp³-hybridized carbons (Fsp3) is 0.333. The van der Waals surface area contributed by atoms with Crippen LogP contribution in [0.2, 0.25) is 5.02 Å². The second kappa shape index (κ2) is 6.49. The number of nitrogens with one attached hydrogen (secondary N) is 1. The van der Waals surface area contributed by atoms with Crippen LogP contribution in [0.3, 0.4) is 0 Å². The Hall–Kier alpha value is -1.87. The van der Waals surface area contributed by atoms with E-state index >= 15 is 0 Å². The number of hydrogen-bond acceptors (Lipinski definition) is 4. The van der Waals surface area contributed by atoms with Crippen molar-refractivity contribution in [2.45, 2.75) is 18.2 Å². The van der Waals surface area contributed by atoms with Gasteiger partial charge in [0.15, 0.2) is 0 Å². The number of esters is 1. The van der Waals surface area contributed by atoms with Gasteiger partial charge in [0.1, 0.15) is 5.82 Å². The zero-order valence-electron chi connectivity index (χ0n) is 11.0. The van der Waals surface area contributed by atoms with E-state index in [1.54, 1.807) is 5.32 Å². The van der Waals surface area contributed by atoms with Gasteiger partial charge in [0.2, 0.25) is 5.91 Å². The lowest BCUT2D eigenvalue weighted by Crippen LogP contribution is -2.54. The zero-order valence-corrected chi connectivity index (χ0v) is 11.8. The Morgan fingerprint density at radius 2 is 1.95 bits per heavy atom. The minimum absolute atomic E-state index is 0.0110. The highest BCUT2D eigenvalue weighted by atomic mass is 35.5. The standard InChI is InChI=1S/C12H10ClF4NO4/c1-22-10(20)11(21,12(15,16)17)5-9(19)18-8-3-2-6(13)4-7(8)14/h2-4,21H,5H2,1H3,(H,18,19)/t11-/m1/s1. The second-order valence-electron chi connectivity index (χ2n) is 4.20. The van der Waals surface area contributed by atoms with E-state index in [0.29, 0.717) is 7.11 Å². The molecule has 0 bridgehead atoms. The molecule has 1 atom stereocenters. The molecule has 0 spiro atoms. The van der Waals surface area contributed by atoms with Crippen molar-refractivity contribution in [2.75, 3.05) is 12.4 Å². The van der Waals surface area contributed by atoms with Gasteiger partial charge in [-0.3, -0.25) is 4.79 Å². The Morgan fingerprint density at radius 3 is 2.41 bits per heavy atom. The third-order valence-electron chi connectivity index (χ3n) is 2.61. The molecule has 22 heavy (non-hydrogen) atoms. The molecular weight excluding hydrogens is 334 g/mol. The Kier molecular flexibility index (Phi) is 5.36. The van der Waals surface area contributed by atoms with Gasteiger partial charge in [-0.25, -0.2) is 9.18 Å². The quantitative estimate of drug-likeness (QED) is 0.649. The van der Waals surface area contributed by atoms with Crippen LogP contribution < -0.4 is 5.32 Å². The number of hydrogen-bond donors (Lipinski definition) is 2. The van der Waals surface area contributed by atoms with E-state index in [4.69, 9.17) is 11.6 Å². The molecule has 0 aliphatic rings. The predicted octanol–water partition coefficient (Wildman–Crippen LogP) is 2.27. The third kappa shape index (κ3) is 3.86. The number of halogens is 5. The number of benzene rings is 1. The van der Waals surface area contributed by atoms with Crippen molar-refractivity contribution in [2.24, 2.45) is 0 Å². The van der Waals surface area contributed by atoms with Crippen LogP contribution in [0.15, 0.2) is 18.2 Å². The first-order valence-electron chi connectivity index (χ1n) is 5.63. The summed E-state index contributed by atoms with van der Waals surface area (Å²) >= 11 is 5.48. The molecule has 5 nitrogen and oxygen atoms in total. The zero-order chi connectivity index (χ0) is 17.1. The lowest BCUT2D eigenvalue weighted by Gasteiger charge is -2.26. The lowest BCUT2D eigenvalue weighted by molar-refractivity contribution is -0.261. The van der Waals surface area contributed by atoms with Gasteiger partial charge in [0.25, 0.3) is 5.60 Å². The number of alkyl halides is 3. The molecule has 0 heterocycles. The molecule has 0 aromatic heterocycles. The number of anilines is 1. The molecule has 1 rings (SSSR count). The van der Waals surface area contributed by atoms with E-state index in [-0.39, 0.29) is 5.02 Å². The van der Waals surface area contributed by atoms with Crippen LogP contribution in [0, 0.1) is 5.82 Å². The molecule has 0 unspecified atom stereocenters. The summed E-state index contributed by atoms with van der Waals surface area (Å²) in [5.41, 5.74) is -4.49. The molecule has 0 aliphatic heterocycles. The Bertz CT molecular complexity index is 593. The van der Waals surface area contributed by atoms with Crippen molar-refractivity contribution in [3.8, 4) is 0 Å². The summed E-state index contributed by atoms with van der Waals surface area (Å²) < 4.78 is 55.5. The van der Waals surface area contributed by atoms with Crippen molar-refractivity contribution < 1.29 is 37.0 Å². The van der Waals surface area contributed by atoms with E-state index in [1.165, 1.54) is 6.07 Å². The first-order valence-corrected chi connectivity index (χ1v) is 6.01. The molecule has 2 N–H and O–H groups in total. The maximum atomic E-state index is 13.4. The summed E-state index contributed by atoms with van der Waals surface area (Å²) in [4.78, 5) is 22.7. The smallest absolute Gasteiger partial charge is 0.428 e. The minimum atomic E-state index is -5.45. The van der Waals surface area contributed by atoms with Crippen LogP contribution >= 0.6 is 11.6 Å². The van der Waals surface area contributed by atoms with E-state index in [9.17, 15) is 32.3 Å². The molecule has 0 saturated heterocycles. The highest BCUT2D eigenvalue weighted by Crippen LogP contribution is 2.34. The average molecular weight is 344 g/mol. The number of methoxy groups -OCH3 is 1. The number of rotatable bonds is 4. The Labute approximate surface area is 126 Å². The van der Waals surface area contributed by atoms with Gasteiger partial charge in [0.05, 0.1) is 19.2 Å². The van der Waals surface area contributed by atoms with Gasteiger partial charge in [-0.1, -0.05) is 11.6 Å². The first-order chi connectivity index (χ1) is 10.0. The molecule has 1 aromatic carbocycles. The average Bonchev–Trinajstić information content (AvgIpc) is 2.39. The molecule has 1 amide bonds. The molecular formula is C12H10ClF4NO4. The number of carbonyl (C=O) groups excluding carboxylic acids is 2. The van der Waals surface area contributed by atoms with Gasteiger partial charge in [0, 0.05) is 5.02 Å². The van der Waals surface area contributed by atoms with Gasteiger partial charge in [-0.05, 0) is 18.2 Å². The van der Waals surface area contributed by atoms with Crippen molar-refractivity contribution in [3.05, 3.63) is 29.0 Å². The summed E-state index contributed by atoms with van der Waals surface area (Å²) in [6, 6.07) is 3.03. The predicted molar refractivity (Wildman–Crippen MR) is 67.7 cm³/mol. The number of carbonyl (C=O) groups is 2. The molecule has 0 radical (unpaired) electrons. The molecule has 0 aliphatic carbocycles. The summed E-state index contributed by atoms with van der Waals surface area (Å²) in [6.45, 7) is 0. The lowest BCUT2D eigenvalue weighted by atomic mass is 9.98. The van der Waals surface area contributed by atoms with E-state index in [1.807, 2.05) is 0 Å². The van der Waals surface area contributed by atoms with Crippen molar-refractivity contribution in [1.29, 1.82) is 0 Å². The monoisotopic (exact) mass is 343 g/mol. The first kappa shape index (κ1) is 18.2. The summed E-state index contributed by atoms with van der Waals surface area (Å²) in [7, 11) is 0.621. The highest BCUT2D eigenvalue weighted by molar-refractivity contribution is 6.30. The Balaban J connectivity index is 2.95. The van der Waals surface area contributed by atoms with Gasteiger partial charge < -0.3 is 15.2 Å². The summed E-state index contributed by atoms with van der Waals surface area (Å²) in [6.07, 6.45) is -7.14. The van der Waals surface area contributed by atoms with E-state index < -0.39 is 41.6 Å². The second-order valence-corrected chi connectivity index (χ2v) is 4.64. The Morgan fingerprint density at radius 1 is 1.36 bits per heavy atom. The SMILES string of the molecule is COC(=O)[C@](O)(CC(=O)Nc1ccc(Cl)cc1F)C(F)(F)F. The molecule has 122 valence electrons. The fourth-order valence-corrected chi connectivity index (χ4v) is 1.63. The van der Waals surface area contributed by atoms with Gasteiger partial charge >= 0.3 is 12.1 Å². The van der Waals surface area contributed by atoms with Crippen LogP contribution in [0.4, 0.5) is 23.2 Å². The van der Waals surface area contributed by atoms with Crippen LogP contribution in [-0.2, 0) is 14.3 Å². The largest absolute Gasteiger partial charge is 0.467 e. The van der Waals surface area contributed by atoms with Gasteiger partial charge in [-0.15, -0.1) is 0 Å². The molecule has 0 saturated carbocycles. The summed E-state index contributed by atoms with van der Waals surface area (Å²) in [5, 5.41) is 11.2. The van der Waals surface area contributed by atoms with Crippen LogP contribution in [0.25, 0.3) is 0 Å². The maximum Gasteiger partial charge on any atom is 0.428 e. The van der Waals surface area contributed by atoms with Crippen LogP contribution in [0.5, 0.6) is 0 Å². The number of ether oxygens (including phenoxy) is 1. The molecule has 1 aromatic rings.